The molecule has 1 fully saturated rings. The molecule has 2 heterocycles. The monoisotopic (exact) mass is 442 g/mol. The zero-order chi connectivity index (χ0) is 22.9. The number of likely N-dealkylation sites (N-methyl/N-ethyl adjacent to an activating group) is 1. The summed E-state index contributed by atoms with van der Waals surface area (Å²) in [6.07, 6.45) is -3.89. The Balaban J connectivity index is 1.61. The number of H-pyrrole nitrogens is 1. The number of nitrogens with one attached hydrogen (secondary N) is 1. The molecule has 166 valence electrons. The van der Waals surface area contributed by atoms with Gasteiger partial charge in [0, 0.05) is 30.1 Å². The molecular formula is C23H21F3N4O2. The molecule has 0 aliphatic carbocycles. The molecule has 1 N–H and O–H groups in total. The van der Waals surface area contributed by atoms with Crippen LogP contribution in [0.5, 0.6) is 5.75 Å². The van der Waals surface area contributed by atoms with Crippen molar-refractivity contribution in [1.29, 1.82) is 0 Å². The number of carbonyl (C=O) groups excluding carboxylic acids is 1. The van der Waals surface area contributed by atoms with Gasteiger partial charge in [0.05, 0.1) is 11.1 Å². The van der Waals surface area contributed by atoms with Gasteiger partial charge in [0.1, 0.15) is 11.4 Å². The highest BCUT2D eigenvalue weighted by molar-refractivity contribution is 5.99. The molecule has 1 aliphatic rings. The Bertz CT molecular complexity index is 1210. The molecule has 1 aromatic heterocycles. The van der Waals surface area contributed by atoms with Crippen LogP contribution in [0.1, 0.15) is 28.0 Å². The van der Waals surface area contributed by atoms with E-state index in [4.69, 9.17) is 0 Å². The largest absolute Gasteiger partial charge is 0.573 e. The minimum atomic E-state index is -4.81. The standard InChI is InChI=1S/C23H21F3N4O2/c1-29(2)17-11-12-30(14-17)22(31)16-8-10-20-18(13-16)19(27-28-20)9-7-15-5-3-4-6-21(15)32-23(24,25)26/h3-6,8,10,13,17H,11-12,14H2,1-2H3,(H,27,28). The van der Waals surface area contributed by atoms with Crippen molar-refractivity contribution in [3.63, 3.8) is 0 Å². The summed E-state index contributed by atoms with van der Waals surface area (Å²) in [6, 6.07) is 11.2. The lowest BCUT2D eigenvalue weighted by molar-refractivity contribution is -0.274. The Labute approximate surface area is 183 Å². The fraction of sp³-hybridized carbons (Fsp3) is 0.304. The second kappa shape index (κ2) is 8.55. The van der Waals surface area contributed by atoms with Crippen molar-refractivity contribution < 1.29 is 22.7 Å². The molecule has 0 saturated carbocycles. The van der Waals surface area contributed by atoms with Gasteiger partial charge in [-0.05, 0) is 56.8 Å². The molecule has 1 saturated heterocycles. The van der Waals surface area contributed by atoms with E-state index >= 15 is 0 Å². The molecule has 1 amide bonds. The van der Waals surface area contributed by atoms with Gasteiger partial charge in [-0.25, -0.2) is 0 Å². The van der Waals surface area contributed by atoms with Gasteiger partial charge in [-0.15, -0.1) is 13.2 Å². The molecule has 1 aliphatic heterocycles. The molecule has 4 rings (SSSR count). The summed E-state index contributed by atoms with van der Waals surface area (Å²) < 4.78 is 41.9. The molecule has 2 aromatic carbocycles. The van der Waals surface area contributed by atoms with Crippen molar-refractivity contribution in [3.05, 3.63) is 59.3 Å². The van der Waals surface area contributed by atoms with E-state index in [1.54, 1.807) is 24.3 Å². The van der Waals surface area contributed by atoms with Crippen molar-refractivity contribution in [1.82, 2.24) is 20.0 Å². The van der Waals surface area contributed by atoms with Crippen molar-refractivity contribution in [3.8, 4) is 17.6 Å². The summed E-state index contributed by atoms with van der Waals surface area (Å²) >= 11 is 0. The van der Waals surface area contributed by atoms with Crippen LogP contribution in [0.2, 0.25) is 0 Å². The predicted molar refractivity (Wildman–Crippen MR) is 113 cm³/mol. The fourth-order valence-corrected chi connectivity index (χ4v) is 3.68. The van der Waals surface area contributed by atoms with Gasteiger partial charge in [-0.3, -0.25) is 9.89 Å². The first-order valence-electron chi connectivity index (χ1n) is 10.0. The number of nitrogens with zero attached hydrogens (tertiary/aromatic N) is 3. The Hall–Kier alpha value is -3.51. The van der Waals surface area contributed by atoms with Crippen LogP contribution >= 0.6 is 0 Å². The molecule has 1 atom stereocenters. The van der Waals surface area contributed by atoms with Gasteiger partial charge >= 0.3 is 6.36 Å². The predicted octanol–water partition coefficient (Wildman–Crippen LogP) is 3.64. The summed E-state index contributed by atoms with van der Waals surface area (Å²) in [4.78, 5) is 16.9. The lowest BCUT2D eigenvalue weighted by Gasteiger charge is -2.20. The number of benzene rings is 2. The third kappa shape index (κ3) is 4.70. The number of fused-ring (bicyclic) bond motifs is 1. The van der Waals surface area contributed by atoms with Gasteiger partial charge in [0.2, 0.25) is 0 Å². The van der Waals surface area contributed by atoms with Crippen LogP contribution in [0.4, 0.5) is 13.2 Å². The Morgan fingerprint density at radius 3 is 2.72 bits per heavy atom. The lowest BCUT2D eigenvalue weighted by atomic mass is 10.1. The number of alkyl halides is 3. The van der Waals surface area contributed by atoms with E-state index in [1.165, 1.54) is 18.2 Å². The van der Waals surface area contributed by atoms with E-state index in [0.29, 0.717) is 41.3 Å². The summed E-state index contributed by atoms with van der Waals surface area (Å²) in [5.41, 5.74) is 1.62. The van der Waals surface area contributed by atoms with Crippen LogP contribution in [0.3, 0.4) is 0 Å². The quantitative estimate of drug-likeness (QED) is 0.630. The highest BCUT2D eigenvalue weighted by Gasteiger charge is 2.32. The maximum absolute atomic E-state index is 13.0. The molecule has 0 radical (unpaired) electrons. The smallest absolute Gasteiger partial charge is 0.404 e. The summed E-state index contributed by atoms with van der Waals surface area (Å²) in [5.74, 6) is 5.04. The molecule has 1 unspecified atom stereocenters. The van der Waals surface area contributed by atoms with E-state index in [9.17, 15) is 18.0 Å². The Kier molecular flexibility index (Phi) is 5.80. The maximum Gasteiger partial charge on any atom is 0.573 e. The van der Waals surface area contributed by atoms with E-state index in [0.717, 1.165) is 6.42 Å². The van der Waals surface area contributed by atoms with Gasteiger partial charge in [0.15, 0.2) is 0 Å². The number of amides is 1. The minimum Gasteiger partial charge on any atom is -0.404 e. The average molecular weight is 442 g/mol. The number of carbonyl (C=O) groups is 1. The molecule has 3 aromatic rings. The summed E-state index contributed by atoms with van der Waals surface area (Å²) in [5, 5.41) is 7.62. The van der Waals surface area contributed by atoms with Gasteiger partial charge in [-0.2, -0.15) is 5.10 Å². The highest BCUT2D eigenvalue weighted by atomic mass is 19.4. The number of halogens is 3. The second-order valence-electron chi connectivity index (χ2n) is 7.78. The van der Waals surface area contributed by atoms with Gasteiger partial charge < -0.3 is 14.5 Å². The number of rotatable bonds is 3. The second-order valence-corrected chi connectivity index (χ2v) is 7.78. The first-order valence-corrected chi connectivity index (χ1v) is 10.0. The zero-order valence-electron chi connectivity index (χ0n) is 17.5. The van der Waals surface area contributed by atoms with Crippen molar-refractivity contribution >= 4 is 16.8 Å². The number of ether oxygens (including phenoxy) is 1. The van der Waals surface area contributed by atoms with Crippen molar-refractivity contribution in [2.45, 2.75) is 18.8 Å². The lowest BCUT2D eigenvalue weighted by Crippen LogP contribution is -2.34. The van der Waals surface area contributed by atoms with Crippen LogP contribution in [-0.4, -0.2) is 65.5 Å². The van der Waals surface area contributed by atoms with Crippen LogP contribution in [0, 0.1) is 11.8 Å². The summed E-state index contributed by atoms with van der Waals surface area (Å²) in [7, 11) is 4.00. The molecular weight excluding hydrogens is 421 g/mol. The zero-order valence-corrected chi connectivity index (χ0v) is 17.5. The maximum atomic E-state index is 13.0. The van der Waals surface area contributed by atoms with E-state index in [1.807, 2.05) is 19.0 Å². The SMILES string of the molecule is CN(C)C1CCN(C(=O)c2ccc3[nH]nc(C#Cc4ccccc4OC(F)(F)F)c3c2)C1. The van der Waals surface area contributed by atoms with Crippen molar-refractivity contribution in [2.75, 3.05) is 27.2 Å². The third-order valence-corrected chi connectivity index (χ3v) is 5.42. The molecule has 9 heteroatoms. The fourth-order valence-electron chi connectivity index (χ4n) is 3.68. The number of aromatic nitrogens is 2. The number of hydrogen-bond acceptors (Lipinski definition) is 4. The van der Waals surface area contributed by atoms with Gasteiger partial charge in [0.25, 0.3) is 5.91 Å². The van der Waals surface area contributed by atoms with Crippen LogP contribution in [0.15, 0.2) is 42.5 Å². The van der Waals surface area contributed by atoms with Crippen molar-refractivity contribution in [2.24, 2.45) is 0 Å². The molecule has 0 spiro atoms. The third-order valence-electron chi connectivity index (χ3n) is 5.42. The van der Waals surface area contributed by atoms with Crippen LogP contribution < -0.4 is 4.74 Å². The first kappa shape index (κ1) is 21.7. The van der Waals surface area contributed by atoms with E-state index in [2.05, 4.69) is 31.7 Å². The van der Waals surface area contributed by atoms with Crippen LogP contribution in [-0.2, 0) is 0 Å². The average Bonchev–Trinajstić information content (AvgIpc) is 3.39. The minimum absolute atomic E-state index is 0.0692. The first-order chi connectivity index (χ1) is 15.2. The normalized spacial score (nSPS) is 16.3. The summed E-state index contributed by atoms with van der Waals surface area (Å²) in [6.45, 7) is 1.35. The molecule has 0 bridgehead atoms. The topological polar surface area (TPSA) is 61.5 Å². The Morgan fingerprint density at radius 1 is 1.22 bits per heavy atom. The van der Waals surface area contributed by atoms with E-state index in [-0.39, 0.29) is 17.2 Å². The Morgan fingerprint density at radius 2 is 2.00 bits per heavy atom. The highest BCUT2D eigenvalue weighted by Crippen LogP contribution is 2.26. The molecule has 6 nitrogen and oxygen atoms in total. The number of aromatic amines is 1. The number of para-hydroxylation sites is 1. The molecule has 32 heavy (non-hydrogen) atoms. The number of hydrogen-bond donors (Lipinski definition) is 1. The van der Waals surface area contributed by atoms with Gasteiger partial charge in [-0.1, -0.05) is 18.1 Å². The number of likely N-dealkylation sites (tertiary alicyclic amines) is 1. The van der Waals surface area contributed by atoms with Crippen LogP contribution in [0.25, 0.3) is 10.9 Å². The van der Waals surface area contributed by atoms with E-state index < -0.39 is 6.36 Å².